The smallest absolute Gasteiger partial charge is 0.302 e. The summed E-state index contributed by atoms with van der Waals surface area (Å²) in [7, 11) is 0. The van der Waals surface area contributed by atoms with Gasteiger partial charge in [0.1, 0.15) is 12.4 Å². The second-order valence-corrected chi connectivity index (χ2v) is 8.68. The van der Waals surface area contributed by atoms with Crippen molar-refractivity contribution in [3.8, 4) is 0 Å². The molecule has 4 saturated heterocycles. The maximum Gasteiger partial charge on any atom is 0.302 e. The summed E-state index contributed by atoms with van der Waals surface area (Å²) in [6.45, 7) is 3.69. The van der Waals surface area contributed by atoms with E-state index in [1.54, 1.807) is 0 Å². The zero-order valence-electron chi connectivity index (χ0n) is 15.0. The highest BCUT2D eigenvalue weighted by Crippen LogP contribution is 2.67. The van der Waals surface area contributed by atoms with Crippen LogP contribution in [0.4, 0.5) is 5.69 Å². The average Bonchev–Trinajstić information content (AvgIpc) is 3.08. The first-order valence-electron chi connectivity index (χ1n) is 9.66. The summed E-state index contributed by atoms with van der Waals surface area (Å²) >= 11 is 0. The van der Waals surface area contributed by atoms with Crippen molar-refractivity contribution in [2.45, 2.75) is 56.3 Å². The number of aldehydes is 1. The minimum Gasteiger partial charge on any atom is -0.461 e. The molecule has 9 atom stereocenters. The molecule has 5 heteroatoms. The fourth-order valence-corrected chi connectivity index (χ4v) is 7.28. The highest BCUT2D eigenvalue weighted by molar-refractivity contribution is 6.08. The number of nitrogens with zero attached hydrogens (tertiary/aromatic N) is 2. The van der Waals surface area contributed by atoms with Gasteiger partial charge in [0, 0.05) is 30.8 Å². The molecule has 1 aromatic rings. The van der Waals surface area contributed by atoms with Gasteiger partial charge >= 0.3 is 5.97 Å². The van der Waals surface area contributed by atoms with Crippen LogP contribution in [0.2, 0.25) is 0 Å². The molecule has 6 aliphatic rings. The third kappa shape index (κ3) is 1.44. The molecular formula is C21H22N2O3. The van der Waals surface area contributed by atoms with Crippen molar-refractivity contribution in [1.29, 1.82) is 0 Å². The normalized spacial score (nSPS) is 48.8. The maximum atomic E-state index is 12.0. The summed E-state index contributed by atoms with van der Waals surface area (Å²) in [6.07, 6.45) is 2.85. The van der Waals surface area contributed by atoms with Crippen LogP contribution in [-0.4, -0.2) is 47.1 Å². The van der Waals surface area contributed by atoms with E-state index in [4.69, 9.17) is 9.73 Å². The standard InChI is InChI=1S/C21H22N2O3/c1-10-13(9-24)12-7-16-19-21(14-5-3-4-6-15(14)22-19)8-17(23(10)16)18(12)20(21)26-11(2)25/h3-6,9-10,12-13,16-18,20H,7-8H2,1-2H3/t10-,12-,13-,16-,17-,18+,20+,21+/m0/s1. The molecule has 1 spiro atoms. The van der Waals surface area contributed by atoms with Crippen LogP contribution in [-0.2, 0) is 19.7 Å². The van der Waals surface area contributed by atoms with E-state index in [1.165, 1.54) is 18.2 Å². The predicted molar refractivity (Wildman–Crippen MR) is 95.4 cm³/mol. The Hall–Kier alpha value is -2.01. The maximum absolute atomic E-state index is 12.0. The monoisotopic (exact) mass is 350 g/mol. The number of fused-ring (bicyclic) bond motifs is 2. The lowest BCUT2D eigenvalue weighted by atomic mass is 9.62. The van der Waals surface area contributed by atoms with Gasteiger partial charge in [-0.1, -0.05) is 18.2 Å². The predicted octanol–water partition coefficient (Wildman–Crippen LogP) is 2.25. The Kier molecular flexibility index (Phi) is 2.69. The number of aliphatic imine (C=N–C) groups is 1. The topological polar surface area (TPSA) is 59.0 Å². The molecule has 134 valence electrons. The number of carbonyl (C=O) groups excluding carboxylic acids is 2. The lowest BCUT2D eigenvalue weighted by Crippen LogP contribution is -2.69. The number of rotatable bonds is 2. The minimum absolute atomic E-state index is 0.0235. The molecule has 5 nitrogen and oxygen atoms in total. The summed E-state index contributed by atoms with van der Waals surface area (Å²) in [5.41, 5.74) is 3.15. The summed E-state index contributed by atoms with van der Waals surface area (Å²) in [5.74, 6) is 0.299. The van der Waals surface area contributed by atoms with Crippen LogP contribution >= 0.6 is 0 Å². The van der Waals surface area contributed by atoms with E-state index in [2.05, 4.69) is 30.0 Å². The molecule has 0 N–H and O–H groups in total. The van der Waals surface area contributed by atoms with E-state index >= 15 is 0 Å². The SMILES string of the molecule is CC(=O)O[C@@H]1[C@@H]2[C@H]3C[C@H]4C5=Nc6ccccc6[C@]51C[C@@H]2N4[C@@H](C)[C@@H]3C=O. The Labute approximate surface area is 152 Å². The molecule has 7 rings (SSSR count). The molecule has 1 aliphatic carbocycles. The van der Waals surface area contributed by atoms with Crippen LogP contribution in [0.25, 0.3) is 0 Å². The molecule has 0 aromatic heterocycles. The van der Waals surface area contributed by atoms with E-state index in [0.717, 1.165) is 24.8 Å². The number of piperidine rings is 4. The van der Waals surface area contributed by atoms with Crippen molar-refractivity contribution in [2.75, 3.05) is 0 Å². The summed E-state index contributed by atoms with van der Waals surface area (Å²) in [6, 6.07) is 9.21. The Morgan fingerprint density at radius 2 is 2.19 bits per heavy atom. The number of benzene rings is 1. The molecule has 1 saturated carbocycles. The van der Waals surface area contributed by atoms with E-state index < -0.39 is 0 Å². The van der Waals surface area contributed by atoms with Gasteiger partial charge in [-0.15, -0.1) is 0 Å². The largest absolute Gasteiger partial charge is 0.461 e. The van der Waals surface area contributed by atoms with Crippen molar-refractivity contribution in [2.24, 2.45) is 22.7 Å². The molecule has 5 heterocycles. The van der Waals surface area contributed by atoms with Gasteiger partial charge in [0.25, 0.3) is 0 Å². The average molecular weight is 350 g/mol. The molecular weight excluding hydrogens is 328 g/mol. The first-order valence-corrected chi connectivity index (χ1v) is 9.66. The minimum atomic E-state index is -0.287. The van der Waals surface area contributed by atoms with Crippen molar-refractivity contribution in [3.63, 3.8) is 0 Å². The van der Waals surface area contributed by atoms with E-state index in [0.29, 0.717) is 6.04 Å². The fraction of sp³-hybridized carbons (Fsp3) is 0.571. The molecule has 5 fully saturated rings. The Morgan fingerprint density at radius 3 is 2.96 bits per heavy atom. The first-order chi connectivity index (χ1) is 12.6. The fourth-order valence-electron chi connectivity index (χ4n) is 7.28. The summed E-state index contributed by atoms with van der Waals surface area (Å²) in [5, 5.41) is 0. The van der Waals surface area contributed by atoms with Gasteiger partial charge in [-0.2, -0.15) is 0 Å². The zero-order chi connectivity index (χ0) is 17.8. The molecule has 0 amide bonds. The first kappa shape index (κ1) is 15.1. The van der Waals surface area contributed by atoms with Gasteiger partial charge in [-0.3, -0.25) is 14.7 Å². The third-order valence-electron chi connectivity index (χ3n) is 7.91. The van der Waals surface area contributed by atoms with Crippen LogP contribution in [0, 0.1) is 17.8 Å². The lowest BCUT2D eigenvalue weighted by molar-refractivity contribution is -0.159. The number of ether oxygens (including phenoxy) is 1. The van der Waals surface area contributed by atoms with Crippen molar-refractivity contribution < 1.29 is 14.3 Å². The molecule has 5 bridgehead atoms. The van der Waals surface area contributed by atoms with Crippen LogP contribution in [0.15, 0.2) is 29.3 Å². The number of hydrogen-bond acceptors (Lipinski definition) is 5. The quantitative estimate of drug-likeness (QED) is 0.606. The number of hydrogen-bond donors (Lipinski definition) is 0. The molecule has 5 aliphatic heterocycles. The summed E-state index contributed by atoms with van der Waals surface area (Å²) < 4.78 is 6.04. The van der Waals surface area contributed by atoms with Crippen LogP contribution < -0.4 is 0 Å². The van der Waals surface area contributed by atoms with E-state index in [1.807, 2.05) is 6.07 Å². The van der Waals surface area contributed by atoms with Gasteiger partial charge in [0.2, 0.25) is 0 Å². The lowest BCUT2D eigenvalue weighted by Gasteiger charge is -2.60. The zero-order valence-corrected chi connectivity index (χ0v) is 15.0. The third-order valence-corrected chi connectivity index (χ3v) is 7.91. The van der Waals surface area contributed by atoms with Gasteiger partial charge in [0.15, 0.2) is 0 Å². The number of para-hydroxylation sites is 1. The van der Waals surface area contributed by atoms with E-state index in [9.17, 15) is 9.59 Å². The van der Waals surface area contributed by atoms with Gasteiger partial charge in [-0.25, -0.2) is 0 Å². The number of esters is 1. The molecule has 1 aromatic carbocycles. The summed E-state index contributed by atoms with van der Waals surface area (Å²) in [4.78, 5) is 31.5. The van der Waals surface area contributed by atoms with Crippen LogP contribution in [0.1, 0.15) is 32.3 Å². The van der Waals surface area contributed by atoms with Crippen molar-refractivity contribution in [1.82, 2.24) is 4.90 Å². The van der Waals surface area contributed by atoms with Crippen LogP contribution in [0.3, 0.4) is 0 Å². The van der Waals surface area contributed by atoms with Gasteiger partial charge in [-0.05, 0) is 37.3 Å². The Bertz CT molecular complexity index is 880. The molecule has 1 unspecified atom stereocenters. The van der Waals surface area contributed by atoms with Crippen molar-refractivity contribution >= 4 is 23.7 Å². The Balaban J connectivity index is 1.61. The second kappa shape index (κ2) is 4.63. The Morgan fingerprint density at radius 1 is 1.38 bits per heavy atom. The van der Waals surface area contributed by atoms with Gasteiger partial charge < -0.3 is 9.53 Å². The molecule has 0 radical (unpaired) electrons. The van der Waals surface area contributed by atoms with Crippen LogP contribution in [0.5, 0.6) is 0 Å². The highest BCUT2D eigenvalue weighted by atomic mass is 16.5. The molecule has 26 heavy (non-hydrogen) atoms. The highest BCUT2D eigenvalue weighted by Gasteiger charge is 2.75. The second-order valence-electron chi connectivity index (χ2n) is 8.68. The van der Waals surface area contributed by atoms with Gasteiger partial charge in [0.05, 0.1) is 22.9 Å². The van der Waals surface area contributed by atoms with E-state index in [-0.39, 0.29) is 47.3 Å². The number of carbonyl (C=O) groups is 2. The van der Waals surface area contributed by atoms with Crippen molar-refractivity contribution in [3.05, 3.63) is 29.8 Å².